The molecule has 0 aromatic heterocycles. The molecule has 2 heterocycles. The standard InChI is InChI=1S/C15H20ClN3O2/c1-2-21-14-9-11(16)3-4-13(14)17-15(20)19-8-7-18-6-5-12(19)10-18/h3-4,9,12H,2,5-8,10H2,1H3,(H,17,20). The summed E-state index contributed by atoms with van der Waals surface area (Å²) < 4.78 is 5.54. The van der Waals surface area contributed by atoms with Crippen LogP contribution in [-0.4, -0.2) is 54.7 Å². The minimum Gasteiger partial charge on any atom is -0.492 e. The summed E-state index contributed by atoms with van der Waals surface area (Å²) in [7, 11) is 0. The number of hydrogen-bond acceptors (Lipinski definition) is 3. The zero-order chi connectivity index (χ0) is 14.8. The summed E-state index contributed by atoms with van der Waals surface area (Å²) in [5.41, 5.74) is 0.673. The van der Waals surface area contributed by atoms with E-state index in [0.717, 1.165) is 32.6 Å². The molecular weight excluding hydrogens is 290 g/mol. The summed E-state index contributed by atoms with van der Waals surface area (Å²) in [6, 6.07) is 5.56. The van der Waals surface area contributed by atoms with Crippen molar-refractivity contribution in [3.8, 4) is 5.75 Å². The van der Waals surface area contributed by atoms with Crippen molar-refractivity contribution in [1.29, 1.82) is 0 Å². The molecule has 0 aliphatic carbocycles. The maximum Gasteiger partial charge on any atom is 0.322 e. The number of fused-ring (bicyclic) bond motifs is 2. The Bertz CT molecular complexity index is 538. The number of benzene rings is 1. The van der Waals surface area contributed by atoms with Gasteiger partial charge >= 0.3 is 6.03 Å². The van der Waals surface area contributed by atoms with Crippen LogP contribution in [0.4, 0.5) is 10.5 Å². The molecule has 5 nitrogen and oxygen atoms in total. The zero-order valence-electron chi connectivity index (χ0n) is 12.1. The van der Waals surface area contributed by atoms with E-state index in [1.165, 1.54) is 0 Å². The Hall–Kier alpha value is -1.46. The van der Waals surface area contributed by atoms with E-state index in [2.05, 4.69) is 10.2 Å². The van der Waals surface area contributed by atoms with E-state index in [9.17, 15) is 4.79 Å². The third-order valence-corrected chi connectivity index (χ3v) is 4.33. The summed E-state index contributed by atoms with van der Waals surface area (Å²) in [5.74, 6) is 0.614. The second kappa shape index (κ2) is 6.12. The SMILES string of the molecule is CCOc1cc(Cl)ccc1NC(=O)N1CCN2CCC1C2. The zero-order valence-corrected chi connectivity index (χ0v) is 12.9. The van der Waals surface area contributed by atoms with E-state index in [0.29, 0.717) is 29.1 Å². The number of hydrogen-bond donors (Lipinski definition) is 1. The maximum absolute atomic E-state index is 12.5. The highest BCUT2D eigenvalue weighted by atomic mass is 35.5. The van der Waals surface area contributed by atoms with Crippen molar-refractivity contribution in [3.63, 3.8) is 0 Å². The number of piperazine rings is 1. The predicted molar refractivity (Wildman–Crippen MR) is 83.2 cm³/mol. The predicted octanol–water partition coefficient (Wildman–Crippen LogP) is 2.66. The van der Waals surface area contributed by atoms with Crippen LogP contribution in [0.25, 0.3) is 0 Å². The topological polar surface area (TPSA) is 44.8 Å². The molecule has 0 radical (unpaired) electrons. The first-order valence-electron chi connectivity index (χ1n) is 7.39. The molecule has 2 saturated heterocycles. The maximum atomic E-state index is 12.5. The Balaban J connectivity index is 1.72. The molecule has 0 saturated carbocycles. The van der Waals surface area contributed by atoms with E-state index in [-0.39, 0.29) is 6.03 Å². The molecule has 0 spiro atoms. The molecule has 1 aromatic rings. The Morgan fingerprint density at radius 2 is 2.29 bits per heavy atom. The largest absolute Gasteiger partial charge is 0.492 e. The first-order chi connectivity index (χ1) is 10.2. The number of urea groups is 1. The quantitative estimate of drug-likeness (QED) is 0.933. The minimum atomic E-state index is -0.0511. The second-order valence-corrected chi connectivity index (χ2v) is 5.88. The molecule has 6 heteroatoms. The van der Waals surface area contributed by atoms with Gasteiger partial charge in [0.05, 0.1) is 12.3 Å². The van der Waals surface area contributed by atoms with Crippen LogP contribution >= 0.6 is 11.6 Å². The normalized spacial score (nSPS) is 24.0. The van der Waals surface area contributed by atoms with Gasteiger partial charge in [-0.25, -0.2) is 4.79 Å². The number of halogens is 1. The summed E-state index contributed by atoms with van der Waals surface area (Å²) in [6.45, 7) is 6.28. The van der Waals surface area contributed by atoms with Gasteiger partial charge in [-0.05, 0) is 25.5 Å². The van der Waals surface area contributed by atoms with E-state index in [1.54, 1.807) is 18.2 Å². The molecule has 2 aliphatic rings. The Morgan fingerprint density at radius 3 is 3.10 bits per heavy atom. The van der Waals surface area contributed by atoms with Crippen LogP contribution in [0.2, 0.25) is 5.02 Å². The van der Waals surface area contributed by atoms with Crippen LogP contribution in [0.15, 0.2) is 18.2 Å². The summed E-state index contributed by atoms with van der Waals surface area (Å²) in [4.78, 5) is 16.8. The van der Waals surface area contributed by atoms with E-state index in [4.69, 9.17) is 16.3 Å². The van der Waals surface area contributed by atoms with E-state index >= 15 is 0 Å². The molecule has 2 aliphatic heterocycles. The monoisotopic (exact) mass is 309 g/mol. The fraction of sp³-hybridized carbons (Fsp3) is 0.533. The lowest BCUT2D eigenvalue weighted by Gasteiger charge is -2.34. The molecular formula is C15H20ClN3O2. The van der Waals surface area contributed by atoms with Crippen molar-refractivity contribution in [2.75, 3.05) is 38.1 Å². The lowest BCUT2D eigenvalue weighted by Crippen LogP contribution is -2.51. The van der Waals surface area contributed by atoms with Gasteiger partial charge in [-0.1, -0.05) is 11.6 Å². The van der Waals surface area contributed by atoms with Crippen molar-refractivity contribution in [2.45, 2.75) is 19.4 Å². The lowest BCUT2D eigenvalue weighted by molar-refractivity contribution is 0.153. The van der Waals surface area contributed by atoms with Crippen molar-refractivity contribution < 1.29 is 9.53 Å². The number of amides is 2. The minimum absolute atomic E-state index is 0.0511. The fourth-order valence-electron chi connectivity index (χ4n) is 3.03. The highest BCUT2D eigenvalue weighted by molar-refractivity contribution is 6.30. The van der Waals surface area contributed by atoms with Crippen LogP contribution in [-0.2, 0) is 0 Å². The number of anilines is 1. The Labute approximate surface area is 129 Å². The van der Waals surface area contributed by atoms with E-state index in [1.807, 2.05) is 11.8 Å². The number of nitrogens with zero attached hydrogens (tertiary/aromatic N) is 2. The number of ether oxygens (including phenoxy) is 1. The molecule has 2 amide bonds. The van der Waals surface area contributed by atoms with Gasteiger partial charge in [-0.15, -0.1) is 0 Å². The second-order valence-electron chi connectivity index (χ2n) is 5.44. The van der Waals surface area contributed by atoms with Gasteiger partial charge in [-0.3, -0.25) is 4.90 Å². The average Bonchev–Trinajstić information content (AvgIpc) is 2.83. The molecule has 3 rings (SSSR count). The van der Waals surface area contributed by atoms with E-state index < -0.39 is 0 Å². The smallest absolute Gasteiger partial charge is 0.322 e. The van der Waals surface area contributed by atoms with Gasteiger partial charge < -0.3 is 15.0 Å². The third kappa shape index (κ3) is 3.09. The van der Waals surface area contributed by atoms with Gasteiger partial charge in [0.1, 0.15) is 5.75 Å². The summed E-state index contributed by atoms with van der Waals surface area (Å²) >= 11 is 5.98. The highest BCUT2D eigenvalue weighted by Gasteiger charge is 2.35. The molecule has 2 fully saturated rings. The van der Waals surface area contributed by atoms with Crippen LogP contribution < -0.4 is 10.1 Å². The van der Waals surface area contributed by atoms with Gasteiger partial charge in [0.15, 0.2) is 0 Å². The first-order valence-corrected chi connectivity index (χ1v) is 7.77. The number of nitrogens with one attached hydrogen (secondary N) is 1. The molecule has 2 unspecified atom stereocenters. The van der Waals surface area contributed by atoms with Gasteiger partial charge in [0.2, 0.25) is 0 Å². The molecule has 21 heavy (non-hydrogen) atoms. The molecule has 2 bridgehead atoms. The van der Waals surface area contributed by atoms with Crippen LogP contribution in [0.1, 0.15) is 13.3 Å². The Morgan fingerprint density at radius 1 is 1.43 bits per heavy atom. The van der Waals surface area contributed by atoms with Crippen molar-refractivity contribution >= 4 is 23.3 Å². The fourth-order valence-corrected chi connectivity index (χ4v) is 3.19. The van der Waals surface area contributed by atoms with Crippen LogP contribution in [0.5, 0.6) is 5.75 Å². The summed E-state index contributed by atoms with van der Waals surface area (Å²) in [6.07, 6.45) is 1.06. The van der Waals surface area contributed by atoms with Gasteiger partial charge in [0, 0.05) is 43.3 Å². The first kappa shape index (κ1) is 14.5. The van der Waals surface area contributed by atoms with Crippen LogP contribution in [0.3, 0.4) is 0 Å². The van der Waals surface area contributed by atoms with Crippen LogP contribution in [0, 0.1) is 0 Å². The molecule has 1 N–H and O–H groups in total. The van der Waals surface area contributed by atoms with Gasteiger partial charge in [0.25, 0.3) is 0 Å². The Kier molecular flexibility index (Phi) is 4.22. The summed E-state index contributed by atoms with van der Waals surface area (Å²) in [5, 5.41) is 3.56. The number of rotatable bonds is 3. The third-order valence-electron chi connectivity index (χ3n) is 4.09. The average molecular weight is 310 g/mol. The van der Waals surface area contributed by atoms with Crippen molar-refractivity contribution in [2.24, 2.45) is 0 Å². The molecule has 2 atom stereocenters. The molecule has 1 aromatic carbocycles. The number of carbonyl (C=O) groups is 1. The molecule has 114 valence electrons. The van der Waals surface area contributed by atoms with Crippen molar-refractivity contribution in [3.05, 3.63) is 23.2 Å². The van der Waals surface area contributed by atoms with Gasteiger partial charge in [-0.2, -0.15) is 0 Å². The van der Waals surface area contributed by atoms with Crippen molar-refractivity contribution in [1.82, 2.24) is 9.80 Å². The number of carbonyl (C=O) groups excluding carboxylic acids is 1. The lowest BCUT2D eigenvalue weighted by atomic mass is 10.2. The highest BCUT2D eigenvalue weighted by Crippen LogP contribution is 2.29.